The van der Waals surface area contributed by atoms with Gasteiger partial charge in [-0.2, -0.15) is 0 Å². The molecule has 0 spiro atoms. The monoisotopic (exact) mass is 348 g/mol. The Morgan fingerprint density at radius 1 is 0.962 bits per heavy atom. The highest BCUT2D eigenvalue weighted by Crippen LogP contribution is 2.18. The van der Waals surface area contributed by atoms with Crippen LogP contribution in [0.3, 0.4) is 0 Å². The van der Waals surface area contributed by atoms with Crippen LogP contribution in [0.1, 0.15) is 21.9 Å². The summed E-state index contributed by atoms with van der Waals surface area (Å²) in [4.78, 5) is 21.1. The average molecular weight is 348 g/mol. The van der Waals surface area contributed by atoms with Crippen LogP contribution in [-0.4, -0.2) is 23.0 Å². The maximum absolute atomic E-state index is 12.5. The number of hydrogen-bond donors (Lipinski definition) is 2. The fraction of sp³-hybridized carbons (Fsp3) is 0.150. The van der Waals surface area contributed by atoms with E-state index in [1.165, 1.54) is 0 Å². The van der Waals surface area contributed by atoms with Crippen LogP contribution in [-0.2, 0) is 0 Å². The number of nitrogens with zero attached hydrogens (tertiary/aromatic N) is 2. The summed E-state index contributed by atoms with van der Waals surface area (Å²) in [5, 5.41) is 6.04. The van der Waals surface area contributed by atoms with Gasteiger partial charge in [0.15, 0.2) is 0 Å². The molecule has 3 rings (SSSR count). The van der Waals surface area contributed by atoms with E-state index in [2.05, 4.69) is 20.6 Å². The van der Waals surface area contributed by atoms with Gasteiger partial charge in [-0.3, -0.25) is 4.79 Å². The van der Waals surface area contributed by atoms with E-state index in [1.54, 1.807) is 44.4 Å². The van der Waals surface area contributed by atoms with E-state index >= 15 is 0 Å². The molecule has 0 unspecified atom stereocenters. The fourth-order valence-corrected chi connectivity index (χ4v) is 2.49. The predicted molar refractivity (Wildman–Crippen MR) is 102 cm³/mol. The van der Waals surface area contributed by atoms with Crippen LogP contribution in [0.15, 0.2) is 54.6 Å². The number of ether oxygens (including phenoxy) is 1. The highest BCUT2D eigenvalue weighted by atomic mass is 16.5. The van der Waals surface area contributed by atoms with Crippen molar-refractivity contribution in [3.63, 3.8) is 0 Å². The summed E-state index contributed by atoms with van der Waals surface area (Å²) in [6, 6.07) is 16.7. The van der Waals surface area contributed by atoms with Crippen molar-refractivity contribution in [2.75, 3.05) is 17.7 Å². The van der Waals surface area contributed by atoms with Gasteiger partial charge in [-0.25, -0.2) is 9.97 Å². The maximum Gasteiger partial charge on any atom is 0.274 e. The van der Waals surface area contributed by atoms with Gasteiger partial charge >= 0.3 is 0 Å². The van der Waals surface area contributed by atoms with E-state index in [4.69, 9.17) is 4.74 Å². The van der Waals surface area contributed by atoms with Crippen LogP contribution < -0.4 is 15.4 Å². The molecule has 2 N–H and O–H groups in total. The number of aromatic nitrogens is 2. The Balaban J connectivity index is 1.78. The van der Waals surface area contributed by atoms with E-state index in [-0.39, 0.29) is 5.91 Å². The molecular formula is C20H20N4O2. The highest BCUT2D eigenvalue weighted by Gasteiger charge is 2.11. The van der Waals surface area contributed by atoms with Crippen molar-refractivity contribution >= 4 is 23.1 Å². The van der Waals surface area contributed by atoms with E-state index in [1.807, 2.05) is 31.2 Å². The number of aryl methyl sites for hydroxylation is 2. The Morgan fingerprint density at radius 3 is 2.42 bits per heavy atom. The first kappa shape index (κ1) is 17.4. The second-order valence-electron chi connectivity index (χ2n) is 5.86. The number of hydrogen-bond acceptors (Lipinski definition) is 5. The van der Waals surface area contributed by atoms with Crippen molar-refractivity contribution < 1.29 is 9.53 Å². The second kappa shape index (κ2) is 7.65. The summed E-state index contributed by atoms with van der Waals surface area (Å²) in [6.45, 7) is 3.77. The number of anilines is 3. The molecule has 0 radical (unpaired) electrons. The summed E-state index contributed by atoms with van der Waals surface area (Å²) < 4.78 is 5.11. The molecule has 1 amide bonds. The lowest BCUT2D eigenvalue weighted by atomic mass is 10.2. The molecule has 6 nitrogen and oxygen atoms in total. The number of rotatable bonds is 5. The number of amides is 1. The zero-order valence-electron chi connectivity index (χ0n) is 14.9. The summed E-state index contributed by atoms with van der Waals surface area (Å²) in [5.41, 5.74) is 3.01. The summed E-state index contributed by atoms with van der Waals surface area (Å²) in [6.07, 6.45) is 0. The van der Waals surface area contributed by atoms with Crippen LogP contribution in [0.4, 0.5) is 17.2 Å². The zero-order valence-corrected chi connectivity index (χ0v) is 14.9. The van der Waals surface area contributed by atoms with Gasteiger partial charge in [0.1, 0.15) is 23.1 Å². The van der Waals surface area contributed by atoms with E-state index in [0.29, 0.717) is 23.0 Å². The van der Waals surface area contributed by atoms with E-state index in [9.17, 15) is 4.79 Å². The van der Waals surface area contributed by atoms with Crippen LogP contribution in [0.5, 0.6) is 5.75 Å². The normalized spacial score (nSPS) is 10.3. The number of nitrogens with one attached hydrogen (secondary N) is 2. The van der Waals surface area contributed by atoms with Gasteiger partial charge in [0.2, 0.25) is 0 Å². The number of benzene rings is 2. The minimum Gasteiger partial charge on any atom is -0.497 e. The SMILES string of the molecule is COc1ccc(NC(=O)c2cc(Nc3cccc(C)c3)nc(C)n2)cc1. The lowest BCUT2D eigenvalue weighted by molar-refractivity contribution is 0.102. The van der Waals surface area contributed by atoms with Gasteiger partial charge in [-0.05, 0) is 55.8 Å². The van der Waals surface area contributed by atoms with Crippen LogP contribution in [0.2, 0.25) is 0 Å². The molecule has 0 aliphatic rings. The molecule has 1 aromatic heterocycles. The van der Waals surface area contributed by atoms with Crippen molar-refractivity contribution in [3.8, 4) is 5.75 Å². The fourth-order valence-electron chi connectivity index (χ4n) is 2.49. The first-order valence-corrected chi connectivity index (χ1v) is 8.18. The molecular weight excluding hydrogens is 328 g/mol. The van der Waals surface area contributed by atoms with Crippen LogP contribution in [0, 0.1) is 13.8 Å². The van der Waals surface area contributed by atoms with E-state index in [0.717, 1.165) is 17.0 Å². The lowest BCUT2D eigenvalue weighted by Gasteiger charge is -2.10. The molecule has 0 saturated heterocycles. The Hall–Kier alpha value is -3.41. The second-order valence-corrected chi connectivity index (χ2v) is 5.86. The number of methoxy groups -OCH3 is 1. The largest absolute Gasteiger partial charge is 0.497 e. The standard InChI is InChI=1S/C20H20N4O2/c1-13-5-4-6-16(11-13)23-19-12-18(21-14(2)22-19)20(25)24-15-7-9-17(26-3)10-8-15/h4-12H,1-3H3,(H,24,25)(H,21,22,23). The van der Waals surface area contributed by atoms with Crippen molar-refractivity contribution in [2.45, 2.75) is 13.8 Å². The van der Waals surface area contributed by atoms with Crippen LogP contribution in [0.25, 0.3) is 0 Å². The molecule has 3 aromatic rings. The average Bonchev–Trinajstić information content (AvgIpc) is 2.62. The van der Waals surface area contributed by atoms with Gasteiger partial charge in [0, 0.05) is 17.4 Å². The Kier molecular flexibility index (Phi) is 5.12. The third-order valence-corrected chi connectivity index (χ3v) is 3.71. The molecule has 26 heavy (non-hydrogen) atoms. The number of carbonyl (C=O) groups is 1. The molecule has 0 fully saturated rings. The van der Waals surface area contributed by atoms with Crippen molar-refractivity contribution in [1.82, 2.24) is 9.97 Å². The third kappa shape index (κ3) is 4.36. The van der Waals surface area contributed by atoms with Gasteiger partial charge in [0.05, 0.1) is 7.11 Å². The van der Waals surface area contributed by atoms with Crippen molar-refractivity contribution in [3.05, 3.63) is 71.7 Å². The zero-order chi connectivity index (χ0) is 18.5. The molecule has 0 bridgehead atoms. The first-order chi connectivity index (χ1) is 12.5. The van der Waals surface area contributed by atoms with Crippen LogP contribution >= 0.6 is 0 Å². The van der Waals surface area contributed by atoms with Crippen molar-refractivity contribution in [1.29, 1.82) is 0 Å². The Bertz CT molecular complexity index is 923. The molecule has 0 aliphatic heterocycles. The van der Waals surface area contributed by atoms with Gasteiger partial charge in [-0.1, -0.05) is 12.1 Å². The minimum atomic E-state index is -0.298. The Labute approximate surface area is 152 Å². The molecule has 0 aliphatic carbocycles. The predicted octanol–water partition coefficient (Wildman–Crippen LogP) is 4.10. The summed E-state index contributed by atoms with van der Waals surface area (Å²) >= 11 is 0. The van der Waals surface area contributed by atoms with Gasteiger partial charge < -0.3 is 15.4 Å². The lowest BCUT2D eigenvalue weighted by Crippen LogP contribution is -2.15. The minimum absolute atomic E-state index is 0.295. The molecule has 0 atom stereocenters. The third-order valence-electron chi connectivity index (χ3n) is 3.71. The molecule has 6 heteroatoms. The summed E-state index contributed by atoms with van der Waals surface area (Å²) in [7, 11) is 1.60. The van der Waals surface area contributed by atoms with E-state index < -0.39 is 0 Å². The molecule has 1 heterocycles. The van der Waals surface area contributed by atoms with Gasteiger partial charge in [0.25, 0.3) is 5.91 Å². The topological polar surface area (TPSA) is 76.1 Å². The summed E-state index contributed by atoms with van der Waals surface area (Å²) in [5.74, 6) is 1.52. The van der Waals surface area contributed by atoms with Crippen molar-refractivity contribution in [2.24, 2.45) is 0 Å². The molecule has 2 aromatic carbocycles. The number of carbonyl (C=O) groups excluding carboxylic acids is 1. The smallest absolute Gasteiger partial charge is 0.274 e. The quantitative estimate of drug-likeness (QED) is 0.726. The first-order valence-electron chi connectivity index (χ1n) is 8.18. The highest BCUT2D eigenvalue weighted by molar-refractivity contribution is 6.03. The molecule has 0 saturated carbocycles. The Morgan fingerprint density at radius 2 is 1.73 bits per heavy atom. The molecule has 132 valence electrons. The van der Waals surface area contributed by atoms with Gasteiger partial charge in [-0.15, -0.1) is 0 Å². The maximum atomic E-state index is 12.5.